The van der Waals surface area contributed by atoms with E-state index in [2.05, 4.69) is 4.72 Å². The maximum Gasteiger partial charge on any atom is 0.250 e. The van der Waals surface area contributed by atoms with E-state index in [1.807, 2.05) is 0 Å². The zero-order valence-corrected chi connectivity index (χ0v) is 19.5. The number of amides is 2. The molecule has 2 amide bonds. The van der Waals surface area contributed by atoms with E-state index in [0.29, 0.717) is 26.1 Å². The second kappa shape index (κ2) is 9.21. The van der Waals surface area contributed by atoms with Crippen LogP contribution in [0.3, 0.4) is 0 Å². The molecule has 8 nitrogen and oxygen atoms in total. The van der Waals surface area contributed by atoms with Crippen molar-refractivity contribution in [1.29, 1.82) is 0 Å². The molecule has 4 rings (SSSR count). The summed E-state index contributed by atoms with van der Waals surface area (Å²) >= 11 is 1.10. The standard InChI is InChI=1S/C22H27N3O5S2/c1-15(21(27)24-12-3-2-4-13-24)25-14-11-18(22(25)28)23-32(29,30)20-10-9-19(31-20)16-5-7-17(26)8-6-16/h5-10,15,18,23,26H,2-4,11-14H2,1H3/t15-,18-/m0/s1. The minimum absolute atomic E-state index is 0.0710. The fraction of sp³-hybridized carbons (Fsp3) is 0.455. The zero-order valence-electron chi connectivity index (χ0n) is 17.9. The van der Waals surface area contributed by atoms with Crippen LogP contribution in [0, 0.1) is 0 Å². The number of carbonyl (C=O) groups excluding carboxylic acids is 2. The van der Waals surface area contributed by atoms with Crippen molar-refractivity contribution in [3.63, 3.8) is 0 Å². The molecule has 0 radical (unpaired) electrons. The summed E-state index contributed by atoms with van der Waals surface area (Å²) in [7, 11) is -3.89. The van der Waals surface area contributed by atoms with Crippen molar-refractivity contribution in [2.75, 3.05) is 19.6 Å². The second-order valence-corrected chi connectivity index (χ2v) is 11.2. The first-order valence-electron chi connectivity index (χ1n) is 10.8. The van der Waals surface area contributed by atoms with E-state index in [0.717, 1.165) is 41.0 Å². The first kappa shape index (κ1) is 22.8. The highest BCUT2D eigenvalue weighted by atomic mass is 32.2. The van der Waals surface area contributed by atoms with Gasteiger partial charge in [-0.05, 0) is 74.6 Å². The minimum atomic E-state index is -3.89. The quantitative estimate of drug-likeness (QED) is 0.664. The SMILES string of the molecule is C[C@@H](C(=O)N1CCCCC1)N1CC[C@H](NS(=O)(=O)c2ccc(-c3ccc(O)cc3)s2)C1=O. The smallest absolute Gasteiger partial charge is 0.250 e. The van der Waals surface area contributed by atoms with Gasteiger partial charge in [0.25, 0.3) is 10.0 Å². The maximum absolute atomic E-state index is 12.9. The van der Waals surface area contributed by atoms with Gasteiger partial charge in [0.1, 0.15) is 22.0 Å². The number of phenols is 1. The van der Waals surface area contributed by atoms with Gasteiger partial charge in [0.05, 0.1) is 0 Å². The molecule has 0 spiro atoms. The number of rotatable bonds is 6. The number of phenolic OH excluding ortho intramolecular Hbond substituents is 1. The summed E-state index contributed by atoms with van der Waals surface area (Å²) in [6, 6.07) is 8.24. The van der Waals surface area contributed by atoms with E-state index in [4.69, 9.17) is 0 Å². The van der Waals surface area contributed by atoms with Gasteiger partial charge >= 0.3 is 0 Å². The summed E-state index contributed by atoms with van der Waals surface area (Å²) in [5.74, 6) is -0.294. The summed E-state index contributed by atoms with van der Waals surface area (Å²) in [4.78, 5) is 29.7. The molecule has 2 atom stereocenters. The largest absolute Gasteiger partial charge is 0.508 e. The molecule has 1 aromatic heterocycles. The zero-order chi connectivity index (χ0) is 22.9. The van der Waals surface area contributed by atoms with E-state index in [1.54, 1.807) is 42.2 Å². The van der Waals surface area contributed by atoms with Gasteiger partial charge < -0.3 is 14.9 Å². The number of carbonyl (C=O) groups is 2. The number of benzene rings is 1. The Labute approximate surface area is 191 Å². The fourth-order valence-corrected chi connectivity index (χ4v) is 6.75. The lowest BCUT2D eigenvalue weighted by molar-refractivity contribution is -0.143. The number of likely N-dealkylation sites (tertiary alicyclic amines) is 2. The molecule has 2 fully saturated rings. The Kier molecular flexibility index (Phi) is 6.55. The van der Waals surface area contributed by atoms with Crippen molar-refractivity contribution in [2.24, 2.45) is 0 Å². The number of nitrogens with one attached hydrogen (secondary N) is 1. The average Bonchev–Trinajstić information content (AvgIpc) is 3.42. The summed E-state index contributed by atoms with van der Waals surface area (Å²) in [5.41, 5.74) is 0.794. The highest BCUT2D eigenvalue weighted by Crippen LogP contribution is 2.32. The Morgan fingerprint density at radius 3 is 2.47 bits per heavy atom. The summed E-state index contributed by atoms with van der Waals surface area (Å²) in [6.07, 6.45) is 3.39. The van der Waals surface area contributed by atoms with Crippen molar-refractivity contribution in [3.05, 3.63) is 36.4 Å². The second-order valence-electron chi connectivity index (χ2n) is 8.22. The van der Waals surface area contributed by atoms with Crippen molar-refractivity contribution in [2.45, 2.75) is 48.9 Å². The van der Waals surface area contributed by atoms with Gasteiger partial charge in [-0.2, -0.15) is 4.72 Å². The van der Waals surface area contributed by atoms with Crippen LogP contribution in [0.1, 0.15) is 32.6 Å². The Morgan fingerprint density at radius 1 is 1.09 bits per heavy atom. The van der Waals surface area contributed by atoms with Gasteiger partial charge in [-0.15, -0.1) is 11.3 Å². The molecule has 0 saturated carbocycles. The Morgan fingerprint density at radius 2 is 1.78 bits per heavy atom. The highest BCUT2D eigenvalue weighted by Gasteiger charge is 2.40. The molecule has 2 aromatic rings. The van der Waals surface area contributed by atoms with E-state index in [-0.39, 0.29) is 21.8 Å². The van der Waals surface area contributed by atoms with E-state index >= 15 is 0 Å². The van der Waals surface area contributed by atoms with E-state index < -0.39 is 22.1 Å². The Bertz CT molecular complexity index is 1090. The van der Waals surface area contributed by atoms with Crippen molar-refractivity contribution < 1.29 is 23.1 Å². The molecule has 2 saturated heterocycles. The predicted molar refractivity (Wildman–Crippen MR) is 122 cm³/mol. The van der Waals surface area contributed by atoms with Crippen LogP contribution in [-0.2, 0) is 19.6 Å². The van der Waals surface area contributed by atoms with Gasteiger partial charge in [0, 0.05) is 24.5 Å². The third kappa shape index (κ3) is 4.67. The third-order valence-corrected chi connectivity index (χ3v) is 9.13. The van der Waals surface area contributed by atoms with E-state index in [1.165, 1.54) is 11.0 Å². The Balaban J connectivity index is 1.42. The molecular weight excluding hydrogens is 450 g/mol. The minimum Gasteiger partial charge on any atom is -0.508 e. The molecule has 2 N–H and O–H groups in total. The molecule has 0 aliphatic carbocycles. The van der Waals surface area contributed by atoms with Gasteiger partial charge in [-0.1, -0.05) is 0 Å². The molecular formula is C22H27N3O5S2. The lowest BCUT2D eigenvalue weighted by Gasteiger charge is -2.32. The predicted octanol–water partition coefficient (Wildman–Crippen LogP) is 2.40. The number of hydrogen-bond donors (Lipinski definition) is 2. The Hall–Kier alpha value is -2.43. The van der Waals surface area contributed by atoms with Crippen LogP contribution in [0.15, 0.2) is 40.6 Å². The van der Waals surface area contributed by atoms with Crippen LogP contribution in [0.2, 0.25) is 0 Å². The van der Waals surface area contributed by atoms with E-state index in [9.17, 15) is 23.1 Å². The topological polar surface area (TPSA) is 107 Å². The molecule has 10 heteroatoms. The van der Waals surface area contributed by atoms with Crippen LogP contribution in [0.25, 0.3) is 10.4 Å². The van der Waals surface area contributed by atoms with Gasteiger partial charge in [-0.3, -0.25) is 9.59 Å². The van der Waals surface area contributed by atoms with Crippen molar-refractivity contribution in [1.82, 2.24) is 14.5 Å². The third-order valence-electron chi connectivity index (χ3n) is 6.03. The number of hydrogen-bond acceptors (Lipinski definition) is 6. The van der Waals surface area contributed by atoms with Gasteiger partial charge in [0.2, 0.25) is 11.8 Å². The first-order chi connectivity index (χ1) is 15.3. The highest BCUT2D eigenvalue weighted by molar-refractivity contribution is 7.91. The summed E-state index contributed by atoms with van der Waals surface area (Å²) < 4.78 is 28.4. The van der Waals surface area contributed by atoms with Crippen LogP contribution in [-0.4, -0.2) is 66.9 Å². The fourth-order valence-electron chi connectivity index (χ4n) is 4.20. The molecule has 0 unspecified atom stereocenters. The first-order valence-corrected chi connectivity index (χ1v) is 13.1. The van der Waals surface area contributed by atoms with Crippen molar-refractivity contribution >= 4 is 33.2 Å². The van der Waals surface area contributed by atoms with Crippen LogP contribution >= 0.6 is 11.3 Å². The number of piperidine rings is 1. The van der Waals surface area contributed by atoms with Crippen LogP contribution in [0.5, 0.6) is 5.75 Å². The number of sulfonamides is 1. The number of nitrogens with zero attached hydrogens (tertiary/aromatic N) is 2. The molecule has 2 aliphatic rings. The summed E-state index contributed by atoms with van der Waals surface area (Å²) in [6.45, 7) is 3.48. The molecule has 32 heavy (non-hydrogen) atoms. The number of aromatic hydroxyl groups is 1. The summed E-state index contributed by atoms with van der Waals surface area (Å²) in [5, 5.41) is 9.43. The normalized spacial score (nSPS) is 20.5. The van der Waals surface area contributed by atoms with Crippen LogP contribution in [0.4, 0.5) is 0 Å². The molecule has 172 valence electrons. The maximum atomic E-state index is 12.9. The molecule has 3 heterocycles. The van der Waals surface area contributed by atoms with Gasteiger partial charge in [0.15, 0.2) is 0 Å². The lowest BCUT2D eigenvalue weighted by atomic mass is 10.1. The number of thiophene rings is 1. The van der Waals surface area contributed by atoms with Crippen molar-refractivity contribution in [3.8, 4) is 16.2 Å². The average molecular weight is 478 g/mol. The lowest BCUT2D eigenvalue weighted by Crippen LogP contribution is -2.51. The van der Waals surface area contributed by atoms with Crippen LogP contribution < -0.4 is 4.72 Å². The van der Waals surface area contributed by atoms with Gasteiger partial charge in [-0.25, -0.2) is 8.42 Å². The molecule has 1 aromatic carbocycles. The molecule has 0 bridgehead atoms. The monoisotopic (exact) mass is 477 g/mol. The molecule has 2 aliphatic heterocycles.